The molecule has 0 amide bonds. The van der Waals surface area contributed by atoms with Crippen LogP contribution in [0, 0.1) is 5.92 Å². The van der Waals surface area contributed by atoms with Gasteiger partial charge < -0.3 is 10.5 Å². The van der Waals surface area contributed by atoms with Gasteiger partial charge in [0.1, 0.15) is 5.75 Å². The fourth-order valence-electron chi connectivity index (χ4n) is 1.63. The number of benzene rings is 1. The van der Waals surface area contributed by atoms with Gasteiger partial charge in [0.25, 0.3) is 0 Å². The van der Waals surface area contributed by atoms with Gasteiger partial charge in [0.15, 0.2) is 0 Å². The van der Waals surface area contributed by atoms with Crippen molar-refractivity contribution in [1.29, 1.82) is 0 Å². The van der Waals surface area contributed by atoms with Crippen LogP contribution in [-0.2, 0) is 0 Å². The van der Waals surface area contributed by atoms with E-state index in [1.54, 1.807) is 6.07 Å². The van der Waals surface area contributed by atoms with E-state index in [9.17, 15) is 13.2 Å². The van der Waals surface area contributed by atoms with Gasteiger partial charge in [-0.15, -0.1) is 13.2 Å². The molecule has 1 rings (SSSR count). The van der Waals surface area contributed by atoms with Crippen molar-refractivity contribution < 1.29 is 17.9 Å². The first kappa shape index (κ1) is 15.3. The lowest BCUT2D eigenvalue weighted by atomic mass is 9.98. The minimum atomic E-state index is -4.69. The van der Waals surface area contributed by atoms with Crippen molar-refractivity contribution in [1.82, 2.24) is 0 Å². The molecule has 1 aromatic carbocycles. The third kappa shape index (κ3) is 5.27. The first-order chi connectivity index (χ1) is 8.17. The summed E-state index contributed by atoms with van der Waals surface area (Å²) >= 11 is 3.15. The molecule has 0 fully saturated rings. The van der Waals surface area contributed by atoms with Gasteiger partial charge in [0.2, 0.25) is 0 Å². The SMILES string of the molecule is CC(C)C[C@@H](N)c1cc(Br)cc(OC(F)(F)F)c1. The Bertz CT molecular complexity index is 407. The molecule has 0 heterocycles. The van der Waals surface area contributed by atoms with Gasteiger partial charge in [-0.3, -0.25) is 0 Å². The molecule has 1 atom stereocenters. The predicted molar refractivity (Wildman–Crippen MR) is 67.2 cm³/mol. The van der Waals surface area contributed by atoms with E-state index >= 15 is 0 Å². The summed E-state index contributed by atoms with van der Waals surface area (Å²) in [5, 5.41) is 0. The van der Waals surface area contributed by atoms with Crippen molar-refractivity contribution >= 4 is 15.9 Å². The molecule has 0 radical (unpaired) electrons. The Morgan fingerprint density at radius 2 is 1.89 bits per heavy atom. The highest BCUT2D eigenvalue weighted by Crippen LogP contribution is 2.30. The lowest BCUT2D eigenvalue weighted by molar-refractivity contribution is -0.274. The van der Waals surface area contributed by atoms with Crippen LogP contribution in [0.5, 0.6) is 5.75 Å². The van der Waals surface area contributed by atoms with Gasteiger partial charge in [-0.25, -0.2) is 0 Å². The zero-order valence-corrected chi connectivity index (χ0v) is 11.7. The van der Waals surface area contributed by atoms with E-state index < -0.39 is 6.36 Å². The molecule has 0 spiro atoms. The molecule has 0 aliphatic rings. The summed E-state index contributed by atoms with van der Waals surface area (Å²) in [6.07, 6.45) is -4.00. The molecule has 1 aromatic rings. The molecular formula is C12H15BrF3NO. The summed E-state index contributed by atoms with van der Waals surface area (Å²) in [6.45, 7) is 4.01. The van der Waals surface area contributed by atoms with Crippen LogP contribution in [0.25, 0.3) is 0 Å². The van der Waals surface area contributed by atoms with Gasteiger partial charge in [0, 0.05) is 10.5 Å². The standard InChI is InChI=1S/C12H15BrF3NO/c1-7(2)3-11(17)8-4-9(13)6-10(5-8)18-12(14,15)16/h4-7,11H,3,17H2,1-2H3/t11-/m1/s1. The summed E-state index contributed by atoms with van der Waals surface area (Å²) in [7, 11) is 0. The van der Waals surface area contributed by atoms with Crippen LogP contribution in [0.2, 0.25) is 0 Å². The van der Waals surface area contributed by atoms with Gasteiger partial charge in [-0.1, -0.05) is 29.8 Å². The van der Waals surface area contributed by atoms with Gasteiger partial charge in [0.05, 0.1) is 0 Å². The molecule has 18 heavy (non-hydrogen) atoms. The molecule has 0 saturated heterocycles. The second-order valence-corrected chi connectivity index (χ2v) is 5.42. The smallest absolute Gasteiger partial charge is 0.406 e. The molecule has 102 valence electrons. The molecule has 6 heteroatoms. The minimum absolute atomic E-state index is 0.258. The van der Waals surface area contributed by atoms with E-state index in [4.69, 9.17) is 5.73 Å². The highest BCUT2D eigenvalue weighted by atomic mass is 79.9. The predicted octanol–water partition coefficient (Wildman–Crippen LogP) is 4.39. The fourth-order valence-corrected chi connectivity index (χ4v) is 2.12. The summed E-state index contributed by atoms with van der Waals surface area (Å²) in [5.41, 5.74) is 6.56. The maximum absolute atomic E-state index is 12.1. The molecule has 0 aliphatic carbocycles. The molecule has 0 unspecified atom stereocenters. The second-order valence-electron chi connectivity index (χ2n) is 4.50. The topological polar surface area (TPSA) is 35.2 Å². The molecule has 0 bridgehead atoms. The summed E-state index contributed by atoms with van der Waals surface area (Å²) in [4.78, 5) is 0. The fraction of sp³-hybridized carbons (Fsp3) is 0.500. The van der Waals surface area contributed by atoms with Gasteiger partial charge in [-0.2, -0.15) is 0 Å². The Morgan fingerprint density at radius 3 is 2.39 bits per heavy atom. The monoisotopic (exact) mass is 325 g/mol. The number of nitrogens with two attached hydrogens (primary N) is 1. The highest BCUT2D eigenvalue weighted by molar-refractivity contribution is 9.10. The summed E-state index contributed by atoms with van der Waals surface area (Å²) < 4.78 is 40.8. The zero-order chi connectivity index (χ0) is 13.9. The van der Waals surface area contributed by atoms with E-state index in [1.165, 1.54) is 12.1 Å². The number of alkyl halides is 3. The Kier molecular flexibility index (Phi) is 5.04. The van der Waals surface area contributed by atoms with Crippen molar-refractivity contribution in [3.8, 4) is 5.75 Å². The van der Waals surface area contributed by atoms with Crippen molar-refractivity contribution in [3.63, 3.8) is 0 Å². The Morgan fingerprint density at radius 1 is 1.28 bits per heavy atom. The largest absolute Gasteiger partial charge is 0.573 e. The average molecular weight is 326 g/mol. The lowest BCUT2D eigenvalue weighted by Gasteiger charge is -2.17. The average Bonchev–Trinajstić information content (AvgIpc) is 2.12. The molecular weight excluding hydrogens is 311 g/mol. The van der Waals surface area contributed by atoms with Crippen LogP contribution in [0.3, 0.4) is 0 Å². The lowest BCUT2D eigenvalue weighted by Crippen LogP contribution is -2.18. The van der Waals surface area contributed by atoms with Crippen LogP contribution in [0.4, 0.5) is 13.2 Å². The molecule has 2 N–H and O–H groups in total. The number of ether oxygens (including phenoxy) is 1. The first-order valence-electron chi connectivity index (χ1n) is 5.49. The number of hydrogen-bond acceptors (Lipinski definition) is 2. The summed E-state index contributed by atoms with van der Waals surface area (Å²) in [5.74, 6) is 0.108. The molecule has 0 aromatic heterocycles. The Labute approximate surface area is 112 Å². The maximum Gasteiger partial charge on any atom is 0.573 e. The second kappa shape index (κ2) is 5.93. The first-order valence-corrected chi connectivity index (χ1v) is 6.28. The van der Waals surface area contributed by atoms with Crippen LogP contribution < -0.4 is 10.5 Å². The number of rotatable bonds is 4. The third-order valence-corrected chi connectivity index (χ3v) is 2.74. The van der Waals surface area contributed by atoms with Gasteiger partial charge >= 0.3 is 6.36 Å². The van der Waals surface area contributed by atoms with E-state index in [-0.39, 0.29) is 11.8 Å². The van der Waals surface area contributed by atoms with Crippen molar-refractivity contribution in [2.75, 3.05) is 0 Å². The van der Waals surface area contributed by atoms with E-state index in [2.05, 4.69) is 20.7 Å². The van der Waals surface area contributed by atoms with E-state index in [0.717, 1.165) is 0 Å². The van der Waals surface area contributed by atoms with Crippen molar-refractivity contribution in [3.05, 3.63) is 28.2 Å². The number of hydrogen-bond donors (Lipinski definition) is 1. The molecule has 0 saturated carbocycles. The Balaban J connectivity index is 2.93. The Hall–Kier alpha value is -0.750. The minimum Gasteiger partial charge on any atom is -0.406 e. The van der Waals surface area contributed by atoms with E-state index in [0.29, 0.717) is 22.4 Å². The van der Waals surface area contributed by atoms with E-state index in [1.807, 2.05) is 13.8 Å². The molecule has 0 aliphatic heterocycles. The van der Waals surface area contributed by atoms with Crippen molar-refractivity contribution in [2.24, 2.45) is 11.7 Å². The normalized spacial score (nSPS) is 13.8. The molecule has 2 nitrogen and oxygen atoms in total. The summed E-state index contributed by atoms with van der Waals surface area (Å²) in [6, 6.07) is 3.98. The highest BCUT2D eigenvalue weighted by Gasteiger charge is 2.31. The quantitative estimate of drug-likeness (QED) is 0.890. The number of halogens is 4. The van der Waals surface area contributed by atoms with Crippen molar-refractivity contribution in [2.45, 2.75) is 32.7 Å². The zero-order valence-electron chi connectivity index (χ0n) is 10.1. The maximum atomic E-state index is 12.1. The van der Waals surface area contributed by atoms with Crippen LogP contribution in [0.1, 0.15) is 31.9 Å². The van der Waals surface area contributed by atoms with Crippen LogP contribution in [0.15, 0.2) is 22.7 Å². The van der Waals surface area contributed by atoms with Crippen LogP contribution >= 0.6 is 15.9 Å². The van der Waals surface area contributed by atoms with Gasteiger partial charge in [-0.05, 0) is 36.1 Å². The third-order valence-electron chi connectivity index (χ3n) is 2.28. The van der Waals surface area contributed by atoms with Crippen LogP contribution in [-0.4, -0.2) is 6.36 Å².